The van der Waals surface area contributed by atoms with Crippen molar-refractivity contribution in [3.63, 3.8) is 0 Å². The second-order valence-electron chi connectivity index (χ2n) is 7.10. The minimum absolute atomic E-state index is 0.123. The third kappa shape index (κ3) is 4.27. The lowest BCUT2D eigenvalue weighted by atomic mass is 10.2. The third-order valence-electron chi connectivity index (χ3n) is 4.68. The van der Waals surface area contributed by atoms with Crippen LogP contribution in [-0.4, -0.2) is 11.1 Å². The van der Waals surface area contributed by atoms with Crippen LogP contribution in [0.5, 0.6) is 0 Å². The fourth-order valence-corrected chi connectivity index (χ4v) is 4.17. The summed E-state index contributed by atoms with van der Waals surface area (Å²) >= 11 is 7.49. The predicted octanol–water partition coefficient (Wildman–Crippen LogP) is 6.35. The molecule has 0 bridgehead atoms. The van der Waals surface area contributed by atoms with Crippen LogP contribution in [-0.2, 0) is 4.79 Å². The standard InChI is InChI=1S/C24H20ClN3OS/c1-15-3-8-18(9-4-15)27-24-28(19-10-5-16(2)6-11-19)23(29)22(30-24)14-17-7-12-21(26)20(25)13-17/h3-14H,26H2,1-2H3/b22-14-,27-24?. The molecule has 0 atom stereocenters. The predicted molar refractivity (Wildman–Crippen MR) is 128 cm³/mol. The number of aliphatic imine (C=N–C) groups is 1. The summed E-state index contributed by atoms with van der Waals surface area (Å²) in [5, 5.41) is 1.07. The molecule has 1 heterocycles. The number of amidine groups is 1. The number of nitrogens with zero attached hydrogens (tertiary/aromatic N) is 2. The van der Waals surface area contributed by atoms with E-state index in [1.54, 1.807) is 17.0 Å². The number of nitrogens with two attached hydrogens (primary N) is 1. The van der Waals surface area contributed by atoms with Crippen LogP contribution in [0.4, 0.5) is 17.1 Å². The van der Waals surface area contributed by atoms with E-state index in [9.17, 15) is 4.79 Å². The number of thioether (sulfide) groups is 1. The van der Waals surface area contributed by atoms with E-state index in [0.717, 1.165) is 28.1 Å². The molecule has 0 radical (unpaired) electrons. The lowest BCUT2D eigenvalue weighted by Gasteiger charge is -2.16. The normalized spacial score (nSPS) is 16.6. The molecule has 1 aliphatic heterocycles. The number of hydrogen-bond donors (Lipinski definition) is 1. The van der Waals surface area contributed by atoms with Crippen LogP contribution in [0.25, 0.3) is 6.08 Å². The number of rotatable bonds is 3. The van der Waals surface area contributed by atoms with E-state index in [1.807, 2.05) is 74.5 Å². The molecule has 4 rings (SSSR count). The molecule has 0 saturated carbocycles. The van der Waals surface area contributed by atoms with Crippen LogP contribution >= 0.6 is 23.4 Å². The molecule has 0 aromatic heterocycles. The van der Waals surface area contributed by atoms with E-state index in [-0.39, 0.29) is 5.91 Å². The molecule has 4 nitrogen and oxygen atoms in total. The van der Waals surface area contributed by atoms with Gasteiger partial charge in [0.2, 0.25) is 0 Å². The summed E-state index contributed by atoms with van der Waals surface area (Å²) in [5.41, 5.74) is 11.0. The van der Waals surface area contributed by atoms with Crippen LogP contribution in [0, 0.1) is 13.8 Å². The van der Waals surface area contributed by atoms with E-state index >= 15 is 0 Å². The molecular weight excluding hydrogens is 414 g/mol. The zero-order valence-corrected chi connectivity index (χ0v) is 18.2. The summed E-state index contributed by atoms with van der Waals surface area (Å²) in [5.74, 6) is -0.123. The van der Waals surface area contributed by atoms with Gasteiger partial charge in [0, 0.05) is 0 Å². The molecule has 3 aromatic rings. The molecule has 6 heteroatoms. The molecule has 0 unspecified atom stereocenters. The van der Waals surface area contributed by atoms with Gasteiger partial charge in [-0.25, -0.2) is 4.99 Å². The van der Waals surface area contributed by atoms with E-state index in [0.29, 0.717) is 20.8 Å². The zero-order valence-electron chi connectivity index (χ0n) is 16.6. The molecule has 1 aliphatic rings. The van der Waals surface area contributed by atoms with Gasteiger partial charge in [0.15, 0.2) is 5.17 Å². The van der Waals surface area contributed by atoms with E-state index in [2.05, 4.69) is 0 Å². The first kappa shape index (κ1) is 20.3. The number of benzene rings is 3. The van der Waals surface area contributed by atoms with Crippen molar-refractivity contribution >= 4 is 57.6 Å². The largest absolute Gasteiger partial charge is 0.398 e. The Labute approximate surface area is 185 Å². The van der Waals surface area contributed by atoms with Gasteiger partial charge >= 0.3 is 0 Å². The van der Waals surface area contributed by atoms with Crippen LogP contribution in [0.3, 0.4) is 0 Å². The molecule has 3 aromatic carbocycles. The Kier molecular flexibility index (Phi) is 5.66. The average molecular weight is 434 g/mol. The quantitative estimate of drug-likeness (QED) is 0.387. The highest BCUT2D eigenvalue weighted by atomic mass is 35.5. The first-order valence-corrected chi connectivity index (χ1v) is 10.6. The highest BCUT2D eigenvalue weighted by Crippen LogP contribution is 2.37. The average Bonchev–Trinajstić information content (AvgIpc) is 3.02. The van der Waals surface area contributed by atoms with Crippen molar-refractivity contribution in [1.29, 1.82) is 0 Å². The Morgan fingerprint density at radius 1 is 0.967 bits per heavy atom. The Hall–Kier alpha value is -3.02. The molecule has 1 fully saturated rings. The van der Waals surface area contributed by atoms with Crippen molar-refractivity contribution in [3.05, 3.63) is 93.3 Å². The number of aryl methyl sites for hydroxylation is 2. The number of halogens is 1. The van der Waals surface area contributed by atoms with E-state index < -0.39 is 0 Å². The lowest BCUT2D eigenvalue weighted by molar-refractivity contribution is -0.113. The lowest BCUT2D eigenvalue weighted by Crippen LogP contribution is -2.28. The van der Waals surface area contributed by atoms with E-state index in [4.69, 9.17) is 22.3 Å². The van der Waals surface area contributed by atoms with Crippen LogP contribution in [0.1, 0.15) is 16.7 Å². The van der Waals surface area contributed by atoms with Gasteiger partial charge < -0.3 is 5.73 Å². The molecule has 0 spiro atoms. The summed E-state index contributed by atoms with van der Waals surface area (Å²) < 4.78 is 0. The maximum Gasteiger partial charge on any atom is 0.271 e. The molecule has 1 amide bonds. The number of carbonyl (C=O) groups excluding carboxylic acids is 1. The second kappa shape index (κ2) is 8.38. The highest BCUT2D eigenvalue weighted by Gasteiger charge is 2.34. The monoisotopic (exact) mass is 433 g/mol. The summed E-state index contributed by atoms with van der Waals surface area (Å²) in [6.45, 7) is 4.05. The van der Waals surface area contributed by atoms with Gasteiger partial charge in [0.1, 0.15) is 0 Å². The molecule has 150 valence electrons. The van der Waals surface area contributed by atoms with Gasteiger partial charge in [-0.2, -0.15) is 0 Å². The maximum atomic E-state index is 13.3. The van der Waals surface area contributed by atoms with Crippen LogP contribution in [0.2, 0.25) is 5.02 Å². The van der Waals surface area contributed by atoms with Crippen molar-refractivity contribution in [2.45, 2.75) is 13.8 Å². The smallest absolute Gasteiger partial charge is 0.271 e. The highest BCUT2D eigenvalue weighted by molar-refractivity contribution is 8.19. The first-order valence-electron chi connectivity index (χ1n) is 9.42. The van der Waals surface area contributed by atoms with E-state index in [1.165, 1.54) is 11.8 Å². The van der Waals surface area contributed by atoms with Gasteiger partial charge in [0.05, 0.1) is 27.0 Å². The number of nitrogen functional groups attached to an aromatic ring is 1. The van der Waals surface area contributed by atoms with Crippen LogP contribution < -0.4 is 10.6 Å². The molecule has 30 heavy (non-hydrogen) atoms. The Bertz CT molecular complexity index is 1170. The summed E-state index contributed by atoms with van der Waals surface area (Å²) in [6.07, 6.45) is 1.82. The molecule has 2 N–H and O–H groups in total. The molecule has 1 saturated heterocycles. The van der Waals surface area contributed by atoms with Gasteiger partial charge in [-0.1, -0.05) is 53.1 Å². The number of hydrogen-bond acceptors (Lipinski definition) is 4. The summed E-state index contributed by atoms with van der Waals surface area (Å²) in [4.78, 5) is 20.3. The van der Waals surface area contributed by atoms with Crippen molar-refractivity contribution < 1.29 is 4.79 Å². The topological polar surface area (TPSA) is 58.7 Å². The Balaban J connectivity index is 1.77. The van der Waals surface area contributed by atoms with Crippen molar-refractivity contribution in [3.8, 4) is 0 Å². The number of anilines is 2. The number of amides is 1. The van der Waals surface area contributed by atoms with Gasteiger partial charge in [-0.05, 0) is 73.6 Å². The van der Waals surface area contributed by atoms with Crippen molar-refractivity contribution in [1.82, 2.24) is 0 Å². The maximum absolute atomic E-state index is 13.3. The second-order valence-corrected chi connectivity index (χ2v) is 8.51. The van der Waals surface area contributed by atoms with Crippen LogP contribution in [0.15, 0.2) is 76.6 Å². The van der Waals surface area contributed by atoms with Gasteiger partial charge in [-0.3, -0.25) is 9.69 Å². The fraction of sp³-hybridized carbons (Fsp3) is 0.0833. The Morgan fingerprint density at radius 2 is 1.60 bits per heavy atom. The SMILES string of the molecule is Cc1ccc(N=C2S/C(=C\c3ccc(N)c(Cl)c3)C(=O)N2c2ccc(C)cc2)cc1. The van der Waals surface area contributed by atoms with Crippen molar-refractivity contribution in [2.24, 2.45) is 4.99 Å². The summed E-state index contributed by atoms with van der Waals surface area (Å²) in [6, 6.07) is 21.1. The third-order valence-corrected chi connectivity index (χ3v) is 5.98. The van der Waals surface area contributed by atoms with Gasteiger partial charge in [-0.15, -0.1) is 0 Å². The fourth-order valence-electron chi connectivity index (χ4n) is 2.98. The minimum atomic E-state index is -0.123. The summed E-state index contributed by atoms with van der Waals surface area (Å²) in [7, 11) is 0. The zero-order chi connectivity index (χ0) is 21.3. The first-order chi connectivity index (χ1) is 14.4. The minimum Gasteiger partial charge on any atom is -0.398 e. The molecular formula is C24H20ClN3OS. The van der Waals surface area contributed by atoms with Crippen molar-refractivity contribution in [2.75, 3.05) is 10.6 Å². The Morgan fingerprint density at radius 3 is 2.23 bits per heavy atom. The number of carbonyl (C=O) groups is 1. The van der Waals surface area contributed by atoms with Gasteiger partial charge in [0.25, 0.3) is 5.91 Å². The molecule has 0 aliphatic carbocycles.